The van der Waals surface area contributed by atoms with Gasteiger partial charge in [0.15, 0.2) is 0 Å². The molecule has 0 N–H and O–H groups in total. The van der Waals surface area contributed by atoms with Crippen LogP contribution in [0.2, 0.25) is 0 Å². The van der Waals surface area contributed by atoms with E-state index < -0.39 is 16.9 Å². The summed E-state index contributed by atoms with van der Waals surface area (Å²) in [4.78, 5) is 29.4. The second kappa shape index (κ2) is 7.11. The third-order valence-electron chi connectivity index (χ3n) is 4.40. The number of rotatable bonds is 4. The van der Waals surface area contributed by atoms with Crippen molar-refractivity contribution in [2.75, 3.05) is 0 Å². The molecule has 2 heterocycles. The summed E-state index contributed by atoms with van der Waals surface area (Å²) < 4.78 is 21.2. The molecule has 0 radical (unpaired) electrons. The first-order chi connectivity index (χ1) is 13.5. The normalized spacial score (nSPS) is 10.9. The average Bonchev–Trinajstić information content (AvgIpc) is 3.08. The Bertz CT molecular complexity index is 1240. The number of halogens is 1. The lowest BCUT2D eigenvalue weighted by Crippen LogP contribution is -2.40. The van der Waals surface area contributed by atoms with Crippen molar-refractivity contribution >= 4 is 0 Å². The first kappa shape index (κ1) is 17.7. The molecular weight excluding hydrogens is 361 g/mol. The lowest BCUT2D eigenvalue weighted by molar-refractivity contribution is 0.537. The van der Waals surface area contributed by atoms with Gasteiger partial charge in [-0.15, -0.1) is 0 Å². The van der Waals surface area contributed by atoms with E-state index in [4.69, 9.17) is 4.42 Å². The van der Waals surface area contributed by atoms with Gasteiger partial charge in [-0.3, -0.25) is 14.2 Å². The number of benzene rings is 2. The topological polar surface area (TPSA) is 70.0 Å². The Kier molecular flexibility index (Phi) is 4.49. The molecule has 0 aliphatic rings. The predicted octanol–water partition coefficient (Wildman–Crippen LogP) is 3.15. The lowest BCUT2D eigenvalue weighted by Gasteiger charge is -2.08. The molecule has 4 rings (SSSR count). The summed E-state index contributed by atoms with van der Waals surface area (Å²) in [6.07, 6.45) is 2.98. The van der Waals surface area contributed by atoms with Gasteiger partial charge in [0.05, 0.1) is 6.54 Å². The van der Waals surface area contributed by atoms with Gasteiger partial charge >= 0.3 is 11.1 Å². The summed E-state index contributed by atoms with van der Waals surface area (Å²) in [6.45, 7) is 1.88. The Balaban J connectivity index is 1.67. The zero-order valence-electron chi connectivity index (χ0n) is 15.0. The van der Waals surface area contributed by atoms with E-state index in [0.717, 1.165) is 5.56 Å². The van der Waals surface area contributed by atoms with Crippen molar-refractivity contribution in [3.8, 4) is 17.1 Å². The Morgan fingerprint density at radius 1 is 0.964 bits per heavy atom. The molecule has 0 atom stereocenters. The summed E-state index contributed by atoms with van der Waals surface area (Å²) in [6, 6.07) is 14.8. The lowest BCUT2D eigenvalue weighted by atomic mass is 10.2. The second-order valence-corrected chi connectivity index (χ2v) is 6.27. The van der Waals surface area contributed by atoms with Gasteiger partial charge < -0.3 is 8.98 Å². The van der Waals surface area contributed by atoms with Crippen molar-refractivity contribution in [2.45, 2.75) is 13.5 Å². The Morgan fingerprint density at radius 3 is 2.39 bits per heavy atom. The number of hydrogen-bond donors (Lipinski definition) is 0. The van der Waals surface area contributed by atoms with E-state index in [1.54, 1.807) is 6.92 Å². The van der Waals surface area contributed by atoms with Crippen LogP contribution in [0.25, 0.3) is 17.1 Å². The number of nitrogens with zero attached hydrogens (tertiary/aromatic N) is 3. The van der Waals surface area contributed by atoms with Gasteiger partial charge in [0.25, 0.3) is 0 Å². The molecule has 0 spiro atoms. The Labute approximate surface area is 159 Å². The minimum absolute atomic E-state index is 0.112. The van der Waals surface area contributed by atoms with Crippen molar-refractivity contribution in [1.29, 1.82) is 0 Å². The van der Waals surface area contributed by atoms with Gasteiger partial charge in [-0.05, 0) is 43.3 Å². The molecule has 0 bridgehead atoms. The number of aryl methyl sites for hydroxylation is 1. The third kappa shape index (κ3) is 3.29. The molecule has 0 aliphatic heterocycles. The molecule has 6 nitrogen and oxygen atoms in total. The molecule has 0 fully saturated rings. The van der Waals surface area contributed by atoms with E-state index in [0.29, 0.717) is 23.0 Å². The van der Waals surface area contributed by atoms with E-state index in [1.807, 2.05) is 30.3 Å². The van der Waals surface area contributed by atoms with Crippen LogP contribution in [0.5, 0.6) is 0 Å². The van der Waals surface area contributed by atoms with E-state index in [1.165, 1.54) is 45.8 Å². The fraction of sp³-hybridized carbons (Fsp3) is 0.0952. The number of aromatic nitrogens is 3. The summed E-state index contributed by atoms with van der Waals surface area (Å²) in [5.74, 6) is 0.620. The summed E-state index contributed by atoms with van der Waals surface area (Å²) in [5, 5.41) is 0. The van der Waals surface area contributed by atoms with Gasteiger partial charge in [0.2, 0.25) is 5.89 Å². The molecule has 4 aromatic rings. The summed E-state index contributed by atoms with van der Waals surface area (Å²) in [7, 11) is 0. The SMILES string of the molecule is Cc1oc(-c2ccccc2)nc1Cn1ccn(-c2ccc(F)cc2)c(=O)c1=O. The number of oxazole rings is 1. The molecule has 0 unspecified atom stereocenters. The van der Waals surface area contributed by atoms with Crippen LogP contribution in [0.15, 0.2) is 81.0 Å². The fourth-order valence-corrected chi connectivity index (χ4v) is 2.88. The first-order valence-electron chi connectivity index (χ1n) is 8.63. The first-order valence-corrected chi connectivity index (χ1v) is 8.63. The van der Waals surface area contributed by atoms with Crippen LogP contribution in [-0.4, -0.2) is 14.1 Å². The van der Waals surface area contributed by atoms with Crippen LogP contribution in [0.1, 0.15) is 11.5 Å². The molecule has 28 heavy (non-hydrogen) atoms. The van der Waals surface area contributed by atoms with Gasteiger partial charge in [0.1, 0.15) is 17.3 Å². The van der Waals surface area contributed by atoms with Crippen molar-refractivity contribution in [3.63, 3.8) is 0 Å². The van der Waals surface area contributed by atoms with E-state index in [2.05, 4.69) is 4.98 Å². The molecule has 2 aromatic heterocycles. The highest BCUT2D eigenvalue weighted by Gasteiger charge is 2.14. The maximum absolute atomic E-state index is 13.1. The van der Waals surface area contributed by atoms with Gasteiger partial charge in [-0.25, -0.2) is 9.37 Å². The van der Waals surface area contributed by atoms with Crippen molar-refractivity contribution in [3.05, 3.63) is 105 Å². The zero-order chi connectivity index (χ0) is 19.7. The van der Waals surface area contributed by atoms with Crippen LogP contribution in [-0.2, 0) is 6.54 Å². The van der Waals surface area contributed by atoms with Crippen molar-refractivity contribution < 1.29 is 8.81 Å². The Hall–Kier alpha value is -3.74. The molecule has 0 aliphatic carbocycles. The van der Waals surface area contributed by atoms with Crippen LogP contribution >= 0.6 is 0 Å². The van der Waals surface area contributed by atoms with Crippen molar-refractivity contribution in [1.82, 2.24) is 14.1 Å². The van der Waals surface area contributed by atoms with Crippen molar-refractivity contribution in [2.24, 2.45) is 0 Å². The smallest absolute Gasteiger partial charge is 0.320 e. The van der Waals surface area contributed by atoms with Crippen LogP contribution in [0.3, 0.4) is 0 Å². The monoisotopic (exact) mass is 377 g/mol. The molecule has 0 saturated heterocycles. The number of hydrogen-bond acceptors (Lipinski definition) is 4. The quantitative estimate of drug-likeness (QED) is 0.512. The fourth-order valence-electron chi connectivity index (χ4n) is 2.88. The summed E-state index contributed by atoms with van der Waals surface area (Å²) >= 11 is 0. The Morgan fingerprint density at radius 2 is 1.68 bits per heavy atom. The highest BCUT2D eigenvalue weighted by molar-refractivity contribution is 5.53. The average molecular weight is 377 g/mol. The van der Waals surface area contributed by atoms with Crippen LogP contribution in [0, 0.1) is 12.7 Å². The molecule has 2 aromatic carbocycles. The highest BCUT2D eigenvalue weighted by Crippen LogP contribution is 2.21. The predicted molar refractivity (Wildman–Crippen MR) is 102 cm³/mol. The standard InChI is InChI=1S/C21H16FN3O3/c1-14-18(23-19(28-14)15-5-3-2-4-6-15)13-24-11-12-25(21(27)20(24)26)17-9-7-16(22)8-10-17/h2-12H,13H2,1H3. The molecular formula is C21H16FN3O3. The molecule has 0 amide bonds. The highest BCUT2D eigenvalue weighted by atomic mass is 19.1. The summed E-state index contributed by atoms with van der Waals surface area (Å²) in [5.41, 5.74) is 0.393. The third-order valence-corrected chi connectivity index (χ3v) is 4.40. The second-order valence-electron chi connectivity index (χ2n) is 6.27. The van der Waals surface area contributed by atoms with Gasteiger partial charge in [-0.2, -0.15) is 0 Å². The molecule has 7 heteroatoms. The van der Waals surface area contributed by atoms with Crippen LogP contribution in [0.4, 0.5) is 4.39 Å². The van der Waals surface area contributed by atoms with Gasteiger partial charge in [0, 0.05) is 23.6 Å². The van der Waals surface area contributed by atoms with Gasteiger partial charge in [-0.1, -0.05) is 18.2 Å². The zero-order valence-corrected chi connectivity index (χ0v) is 15.0. The van der Waals surface area contributed by atoms with E-state index in [9.17, 15) is 14.0 Å². The largest absolute Gasteiger partial charge is 0.441 e. The molecule has 0 saturated carbocycles. The molecule has 140 valence electrons. The minimum atomic E-state index is -0.724. The minimum Gasteiger partial charge on any atom is -0.441 e. The maximum atomic E-state index is 13.1. The van der Waals surface area contributed by atoms with Crippen LogP contribution < -0.4 is 11.1 Å². The van der Waals surface area contributed by atoms with E-state index in [-0.39, 0.29) is 6.54 Å². The van der Waals surface area contributed by atoms with E-state index >= 15 is 0 Å². The maximum Gasteiger partial charge on any atom is 0.320 e.